The molecule has 0 bridgehead atoms. The fourth-order valence-electron chi connectivity index (χ4n) is 2.20. The largest absolute Gasteiger partial charge is 0.289 e. The lowest BCUT2D eigenvalue weighted by Crippen LogP contribution is -2.08. The van der Waals surface area contributed by atoms with E-state index in [2.05, 4.69) is 37.5 Å². The van der Waals surface area contributed by atoms with Gasteiger partial charge in [0, 0.05) is 17.8 Å². The van der Waals surface area contributed by atoms with Gasteiger partial charge in [0.2, 0.25) is 0 Å². The van der Waals surface area contributed by atoms with Crippen molar-refractivity contribution in [2.75, 3.05) is 0 Å². The van der Waals surface area contributed by atoms with Crippen molar-refractivity contribution in [2.45, 2.75) is 66.3 Å². The molecular weight excluding hydrogens is 212 g/mol. The van der Waals surface area contributed by atoms with Crippen molar-refractivity contribution in [3.63, 3.8) is 0 Å². The van der Waals surface area contributed by atoms with Crippen LogP contribution in [0.3, 0.4) is 0 Å². The number of aromatic nitrogens is 2. The molecule has 17 heavy (non-hydrogen) atoms. The van der Waals surface area contributed by atoms with Gasteiger partial charge in [-0.05, 0) is 31.6 Å². The van der Waals surface area contributed by atoms with Crippen molar-refractivity contribution in [3.8, 4) is 0 Å². The fourth-order valence-corrected chi connectivity index (χ4v) is 2.20. The van der Waals surface area contributed by atoms with E-state index in [4.69, 9.17) is 0 Å². The molecular formula is C14H26N2O. The van der Waals surface area contributed by atoms with E-state index in [0.29, 0.717) is 5.92 Å². The zero-order chi connectivity index (χ0) is 12.8. The SMILES string of the molecule is CCCCc1c(CC(C)C)n(CCC)[nH]c1=O. The molecule has 0 aliphatic carbocycles. The van der Waals surface area contributed by atoms with Gasteiger partial charge in [-0.2, -0.15) is 0 Å². The van der Waals surface area contributed by atoms with E-state index in [0.717, 1.165) is 44.2 Å². The highest BCUT2D eigenvalue weighted by Crippen LogP contribution is 2.13. The van der Waals surface area contributed by atoms with Crippen LogP contribution in [0.1, 0.15) is 58.2 Å². The predicted molar refractivity (Wildman–Crippen MR) is 72.5 cm³/mol. The van der Waals surface area contributed by atoms with Gasteiger partial charge in [-0.1, -0.05) is 34.1 Å². The van der Waals surface area contributed by atoms with Gasteiger partial charge < -0.3 is 0 Å². The van der Waals surface area contributed by atoms with E-state index >= 15 is 0 Å². The van der Waals surface area contributed by atoms with Gasteiger partial charge in [0.15, 0.2) is 0 Å². The molecule has 1 rings (SSSR count). The molecule has 0 aliphatic rings. The first kappa shape index (κ1) is 14.1. The Morgan fingerprint density at radius 2 is 1.94 bits per heavy atom. The summed E-state index contributed by atoms with van der Waals surface area (Å²) in [6, 6.07) is 0. The fraction of sp³-hybridized carbons (Fsp3) is 0.786. The molecule has 1 heterocycles. The Bertz CT molecular complexity index is 387. The summed E-state index contributed by atoms with van der Waals surface area (Å²) in [4.78, 5) is 11.9. The van der Waals surface area contributed by atoms with Gasteiger partial charge in [0.1, 0.15) is 0 Å². The lowest BCUT2D eigenvalue weighted by atomic mass is 10.0. The number of hydrogen-bond donors (Lipinski definition) is 1. The van der Waals surface area contributed by atoms with E-state index in [9.17, 15) is 4.79 Å². The first-order valence-corrected chi connectivity index (χ1v) is 6.90. The van der Waals surface area contributed by atoms with E-state index in [1.807, 2.05) is 0 Å². The van der Waals surface area contributed by atoms with Crippen LogP contribution in [-0.2, 0) is 19.4 Å². The number of H-pyrrole nitrogens is 1. The molecule has 0 saturated heterocycles. The van der Waals surface area contributed by atoms with E-state index < -0.39 is 0 Å². The summed E-state index contributed by atoms with van der Waals surface area (Å²) in [6.07, 6.45) is 5.22. The topological polar surface area (TPSA) is 37.8 Å². The predicted octanol–water partition coefficient (Wildman–Crippen LogP) is 3.13. The number of hydrogen-bond acceptors (Lipinski definition) is 1. The van der Waals surface area contributed by atoms with Crippen LogP contribution in [0.5, 0.6) is 0 Å². The summed E-state index contributed by atoms with van der Waals surface area (Å²) < 4.78 is 2.06. The van der Waals surface area contributed by atoms with Crippen LogP contribution in [0.2, 0.25) is 0 Å². The minimum Gasteiger partial charge on any atom is -0.289 e. The summed E-state index contributed by atoms with van der Waals surface area (Å²) in [7, 11) is 0. The van der Waals surface area contributed by atoms with Crippen LogP contribution in [0, 0.1) is 5.92 Å². The molecule has 0 fully saturated rings. The second-order valence-electron chi connectivity index (χ2n) is 5.22. The molecule has 3 nitrogen and oxygen atoms in total. The monoisotopic (exact) mass is 238 g/mol. The van der Waals surface area contributed by atoms with Gasteiger partial charge in [0.05, 0.1) is 0 Å². The van der Waals surface area contributed by atoms with Crippen molar-refractivity contribution in [1.29, 1.82) is 0 Å². The number of unbranched alkanes of at least 4 members (excludes halogenated alkanes) is 1. The summed E-state index contributed by atoms with van der Waals surface area (Å²) in [6.45, 7) is 9.64. The van der Waals surface area contributed by atoms with Crippen LogP contribution < -0.4 is 5.56 Å². The average molecular weight is 238 g/mol. The molecule has 0 aliphatic heterocycles. The molecule has 0 amide bonds. The second-order valence-corrected chi connectivity index (χ2v) is 5.22. The normalized spacial score (nSPS) is 11.4. The quantitative estimate of drug-likeness (QED) is 0.778. The van der Waals surface area contributed by atoms with E-state index in [1.54, 1.807) is 0 Å². The Morgan fingerprint density at radius 1 is 1.24 bits per heavy atom. The third-order valence-corrected chi connectivity index (χ3v) is 3.01. The van der Waals surface area contributed by atoms with Crippen LogP contribution in [-0.4, -0.2) is 9.78 Å². The maximum absolute atomic E-state index is 11.9. The maximum Gasteiger partial charge on any atom is 0.267 e. The van der Waals surface area contributed by atoms with Crippen LogP contribution in [0.15, 0.2) is 4.79 Å². The number of nitrogens with one attached hydrogen (secondary N) is 1. The summed E-state index contributed by atoms with van der Waals surface area (Å²) in [5.41, 5.74) is 2.39. The molecule has 0 unspecified atom stereocenters. The van der Waals surface area contributed by atoms with Crippen molar-refractivity contribution in [1.82, 2.24) is 9.78 Å². The average Bonchev–Trinajstić information content (AvgIpc) is 2.53. The number of aromatic amines is 1. The Balaban J connectivity index is 3.02. The maximum atomic E-state index is 11.9. The molecule has 0 saturated carbocycles. The van der Waals surface area contributed by atoms with Crippen molar-refractivity contribution < 1.29 is 0 Å². The summed E-state index contributed by atoms with van der Waals surface area (Å²) in [5.74, 6) is 0.591. The first-order chi connectivity index (χ1) is 8.10. The van der Waals surface area contributed by atoms with Crippen LogP contribution in [0.4, 0.5) is 0 Å². The molecule has 0 radical (unpaired) electrons. The van der Waals surface area contributed by atoms with Gasteiger partial charge in [-0.3, -0.25) is 14.6 Å². The molecule has 1 aromatic heterocycles. The number of nitrogens with zero attached hydrogens (tertiary/aromatic N) is 1. The van der Waals surface area contributed by atoms with Gasteiger partial charge in [-0.15, -0.1) is 0 Å². The molecule has 1 N–H and O–H groups in total. The standard InChI is InChI=1S/C14H26N2O/c1-5-7-8-12-13(10-11(3)4)16(9-6-2)15-14(12)17/h11H,5-10H2,1-4H3,(H,15,17). The smallest absolute Gasteiger partial charge is 0.267 e. The Kier molecular flexibility index (Phi) is 5.52. The minimum atomic E-state index is 0.127. The zero-order valence-electron chi connectivity index (χ0n) is 11.7. The molecule has 1 aromatic rings. The van der Waals surface area contributed by atoms with Gasteiger partial charge >= 0.3 is 0 Å². The third kappa shape index (κ3) is 3.76. The first-order valence-electron chi connectivity index (χ1n) is 6.90. The van der Waals surface area contributed by atoms with Crippen LogP contribution >= 0.6 is 0 Å². The molecule has 98 valence electrons. The number of aryl methyl sites for hydroxylation is 1. The van der Waals surface area contributed by atoms with Gasteiger partial charge in [0.25, 0.3) is 5.56 Å². The van der Waals surface area contributed by atoms with E-state index in [1.165, 1.54) is 5.69 Å². The Hall–Kier alpha value is -0.990. The summed E-state index contributed by atoms with van der Waals surface area (Å²) >= 11 is 0. The van der Waals surface area contributed by atoms with Gasteiger partial charge in [-0.25, -0.2) is 0 Å². The van der Waals surface area contributed by atoms with Crippen molar-refractivity contribution in [2.24, 2.45) is 5.92 Å². The van der Waals surface area contributed by atoms with Crippen LogP contribution in [0.25, 0.3) is 0 Å². The Labute approximate surface area is 104 Å². The second kappa shape index (κ2) is 6.67. The lowest BCUT2D eigenvalue weighted by Gasteiger charge is -2.11. The van der Waals surface area contributed by atoms with E-state index in [-0.39, 0.29) is 5.56 Å². The molecule has 3 heteroatoms. The lowest BCUT2D eigenvalue weighted by molar-refractivity contribution is 0.532. The highest BCUT2D eigenvalue weighted by atomic mass is 16.1. The molecule has 0 atom stereocenters. The van der Waals surface area contributed by atoms with Crippen molar-refractivity contribution >= 4 is 0 Å². The zero-order valence-corrected chi connectivity index (χ0v) is 11.7. The highest BCUT2D eigenvalue weighted by molar-refractivity contribution is 5.19. The molecule has 0 spiro atoms. The molecule has 0 aromatic carbocycles. The summed E-state index contributed by atoms with van der Waals surface area (Å²) in [5, 5.41) is 2.99. The number of rotatable bonds is 7. The third-order valence-electron chi connectivity index (χ3n) is 3.01. The van der Waals surface area contributed by atoms with Crippen molar-refractivity contribution in [3.05, 3.63) is 21.6 Å². The minimum absolute atomic E-state index is 0.127. The Morgan fingerprint density at radius 3 is 2.47 bits per heavy atom. The highest BCUT2D eigenvalue weighted by Gasteiger charge is 2.14.